The zero-order chi connectivity index (χ0) is 28.1. The molecule has 0 atom stereocenters. The molecule has 0 saturated heterocycles. The Kier molecular flexibility index (Phi) is 4.45. The van der Waals surface area contributed by atoms with E-state index in [0.717, 1.165) is 38.8 Å². The van der Waals surface area contributed by atoms with E-state index in [0.29, 0.717) is 0 Å². The lowest BCUT2D eigenvalue weighted by Gasteiger charge is -2.13. The zero-order valence-corrected chi connectivity index (χ0v) is 23.2. The average Bonchev–Trinajstić information content (AvgIpc) is 3.73. The van der Waals surface area contributed by atoms with Gasteiger partial charge in [-0.2, -0.15) is 0 Å². The van der Waals surface area contributed by atoms with Crippen LogP contribution in [-0.2, 0) is 0 Å². The van der Waals surface area contributed by atoms with Crippen LogP contribution in [0.25, 0.3) is 87.7 Å². The summed E-state index contributed by atoms with van der Waals surface area (Å²) in [4.78, 5) is 0. The number of rotatable bonds is 2. The molecule has 0 amide bonds. The van der Waals surface area contributed by atoms with Crippen LogP contribution >= 0.6 is 0 Å². The third kappa shape index (κ3) is 2.93. The molecular weight excluding hydrogens is 524 g/mol. The lowest BCUT2D eigenvalue weighted by Crippen LogP contribution is -1.97. The van der Waals surface area contributed by atoms with E-state index in [-0.39, 0.29) is 0 Å². The fourth-order valence-corrected chi connectivity index (χ4v) is 7.40. The van der Waals surface area contributed by atoms with E-state index in [1.54, 1.807) is 0 Å². The Bertz CT molecular complexity index is 2720. The summed E-state index contributed by atoms with van der Waals surface area (Å²) in [6, 6.07) is 52.1. The van der Waals surface area contributed by atoms with Crippen LogP contribution in [0.2, 0.25) is 0 Å². The van der Waals surface area contributed by atoms with Crippen LogP contribution in [-0.4, -0.2) is 9.13 Å². The smallest absolute Gasteiger partial charge is 0.159 e. The summed E-state index contributed by atoms with van der Waals surface area (Å²) in [5.41, 5.74) is 8.80. The Morgan fingerprint density at radius 3 is 1.74 bits per heavy atom. The van der Waals surface area contributed by atoms with E-state index < -0.39 is 0 Å². The maximum atomic E-state index is 6.62. The van der Waals surface area contributed by atoms with Crippen molar-refractivity contribution in [3.05, 3.63) is 146 Å². The minimum Gasteiger partial charge on any atom is -0.454 e. The molecule has 0 aliphatic rings. The van der Waals surface area contributed by atoms with Crippen LogP contribution in [0.1, 0.15) is 0 Å². The molecule has 0 fully saturated rings. The normalized spacial score (nSPS) is 12.2. The minimum atomic E-state index is 0.902. The first kappa shape index (κ1) is 22.8. The highest BCUT2D eigenvalue weighted by Gasteiger charge is 2.25. The van der Waals surface area contributed by atoms with Crippen molar-refractivity contribution in [2.45, 2.75) is 0 Å². The zero-order valence-electron chi connectivity index (χ0n) is 23.2. The van der Waals surface area contributed by atoms with Gasteiger partial charge in [0.1, 0.15) is 5.58 Å². The molecule has 3 heteroatoms. The second-order valence-electron chi connectivity index (χ2n) is 11.3. The van der Waals surface area contributed by atoms with E-state index in [9.17, 15) is 0 Å². The second kappa shape index (κ2) is 8.37. The standard InChI is InChI=1S/C40H24N2O/c1-2-13-25(14-3-1)41-32-21-9-6-18-30(32)36-27-16-4-5-17-28(27)38-37(39(36)41)31-19-7-10-22-33(31)42(38)34-23-12-20-29-26-15-8-11-24-35(26)43-40(29)34/h1-24H. The number of furan rings is 1. The minimum absolute atomic E-state index is 0.902. The molecular formula is C40H24N2O. The number of nitrogens with zero attached hydrogens (tertiary/aromatic N) is 2. The monoisotopic (exact) mass is 548 g/mol. The van der Waals surface area contributed by atoms with Gasteiger partial charge in [-0.05, 0) is 41.8 Å². The number of hydrogen-bond donors (Lipinski definition) is 0. The van der Waals surface area contributed by atoms with Crippen molar-refractivity contribution in [2.24, 2.45) is 0 Å². The number of para-hydroxylation sites is 5. The molecule has 3 nitrogen and oxygen atoms in total. The van der Waals surface area contributed by atoms with Crippen molar-refractivity contribution in [1.82, 2.24) is 9.13 Å². The number of benzene rings is 7. The van der Waals surface area contributed by atoms with Gasteiger partial charge >= 0.3 is 0 Å². The maximum Gasteiger partial charge on any atom is 0.159 e. The first-order chi connectivity index (χ1) is 21.4. The van der Waals surface area contributed by atoms with Crippen molar-refractivity contribution < 1.29 is 4.42 Å². The van der Waals surface area contributed by atoms with Crippen molar-refractivity contribution in [3.63, 3.8) is 0 Å². The molecule has 0 radical (unpaired) electrons. The predicted molar refractivity (Wildman–Crippen MR) is 180 cm³/mol. The topological polar surface area (TPSA) is 23.0 Å². The molecule has 10 aromatic rings. The summed E-state index contributed by atoms with van der Waals surface area (Å²) in [5.74, 6) is 0. The molecule has 7 aromatic carbocycles. The first-order valence-electron chi connectivity index (χ1n) is 14.7. The Labute approximate surface area is 246 Å². The van der Waals surface area contributed by atoms with Gasteiger partial charge in [0.2, 0.25) is 0 Å². The van der Waals surface area contributed by atoms with Gasteiger partial charge < -0.3 is 13.6 Å². The molecule has 0 spiro atoms. The molecule has 0 saturated carbocycles. The SMILES string of the molecule is c1ccc(-n2c3ccccc3c3c4ccccc4c4c(c5ccccc5n4-c4cccc5c4oc4ccccc45)c32)cc1. The molecule has 200 valence electrons. The van der Waals surface area contributed by atoms with Gasteiger partial charge in [-0.3, -0.25) is 0 Å². The lowest BCUT2D eigenvalue weighted by atomic mass is 9.99. The van der Waals surface area contributed by atoms with Crippen molar-refractivity contribution >= 4 is 76.3 Å². The highest BCUT2D eigenvalue weighted by atomic mass is 16.3. The quantitative estimate of drug-likeness (QED) is 0.211. The Balaban J connectivity index is 1.52. The van der Waals surface area contributed by atoms with Crippen LogP contribution in [0, 0.1) is 0 Å². The van der Waals surface area contributed by atoms with Crippen LogP contribution in [0.15, 0.2) is 150 Å². The molecule has 0 bridgehead atoms. The number of aromatic nitrogens is 2. The van der Waals surface area contributed by atoms with Crippen LogP contribution in [0.5, 0.6) is 0 Å². The molecule has 3 heterocycles. The largest absolute Gasteiger partial charge is 0.454 e. The highest BCUT2D eigenvalue weighted by molar-refractivity contribution is 6.36. The third-order valence-electron chi connectivity index (χ3n) is 9.08. The predicted octanol–water partition coefficient (Wildman–Crippen LogP) is 10.9. The molecule has 3 aromatic heterocycles. The number of hydrogen-bond acceptors (Lipinski definition) is 1. The summed E-state index contributed by atoms with van der Waals surface area (Å²) in [6.07, 6.45) is 0. The van der Waals surface area contributed by atoms with E-state index in [2.05, 4.69) is 149 Å². The van der Waals surface area contributed by atoms with Crippen LogP contribution < -0.4 is 0 Å². The average molecular weight is 549 g/mol. The van der Waals surface area contributed by atoms with E-state index in [4.69, 9.17) is 4.42 Å². The lowest BCUT2D eigenvalue weighted by molar-refractivity contribution is 0.666. The summed E-state index contributed by atoms with van der Waals surface area (Å²) in [7, 11) is 0. The summed E-state index contributed by atoms with van der Waals surface area (Å²) in [6.45, 7) is 0. The van der Waals surface area contributed by atoms with Crippen molar-refractivity contribution in [3.8, 4) is 11.4 Å². The molecule has 0 aliphatic heterocycles. The van der Waals surface area contributed by atoms with Crippen LogP contribution in [0.4, 0.5) is 0 Å². The Morgan fingerprint density at radius 1 is 0.372 bits per heavy atom. The fourth-order valence-electron chi connectivity index (χ4n) is 7.40. The van der Waals surface area contributed by atoms with Crippen LogP contribution in [0.3, 0.4) is 0 Å². The highest BCUT2D eigenvalue weighted by Crippen LogP contribution is 2.47. The summed E-state index contributed by atoms with van der Waals surface area (Å²) < 4.78 is 11.5. The molecule has 0 N–H and O–H groups in total. The Morgan fingerprint density at radius 2 is 0.953 bits per heavy atom. The second-order valence-corrected chi connectivity index (χ2v) is 11.3. The molecule has 43 heavy (non-hydrogen) atoms. The molecule has 0 aliphatic carbocycles. The van der Waals surface area contributed by atoms with Gasteiger partial charge in [0.25, 0.3) is 0 Å². The molecule has 0 unspecified atom stereocenters. The van der Waals surface area contributed by atoms with Gasteiger partial charge in [0, 0.05) is 43.4 Å². The van der Waals surface area contributed by atoms with Gasteiger partial charge in [-0.15, -0.1) is 0 Å². The van der Waals surface area contributed by atoms with Crippen molar-refractivity contribution in [2.75, 3.05) is 0 Å². The fraction of sp³-hybridized carbons (Fsp3) is 0. The van der Waals surface area contributed by atoms with Gasteiger partial charge in [-0.1, -0.05) is 109 Å². The van der Waals surface area contributed by atoms with E-state index in [1.807, 2.05) is 6.07 Å². The van der Waals surface area contributed by atoms with Gasteiger partial charge in [0.05, 0.1) is 27.8 Å². The summed E-state index contributed by atoms with van der Waals surface area (Å²) >= 11 is 0. The van der Waals surface area contributed by atoms with Gasteiger partial charge in [0.15, 0.2) is 5.58 Å². The molecule has 10 rings (SSSR count). The van der Waals surface area contributed by atoms with Gasteiger partial charge in [-0.25, -0.2) is 0 Å². The van der Waals surface area contributed by atoms with E-state index >= 15 is 0 Å². The third-order valence-corrected chi connectivity index (χ3v) is 9.08. The number of fused-ring (bicyclic) bond motifs is 13. The Hall–Kier alpha value is -5.80. The summed E-state index contributed by atoms with van der Waals surface area (Å²) in [5, 5.41) is 9.75. The van der Waals surface area contributed by atoms with E-state index in [1.165, 1.54) is 48.9 Å². The van der Waals surface area contributed by atoms with Crippen molar-refractivity contribution in [1.29, 1.82) is 0 Å². The first-order valence-corrected chi connectivity index (χ1v) is 14.7. The maximum absolute atomic E-state index is 6.62.